The van der Waals surface area contributed by atoms with Gasteiger partial charge < -0.3 is 24.0 Å². The number of sulfonamides is 1. The molecule has 4 aliphatic rings. The number of aryl methyl sites for hydroxylation is 1. The van der Waals surface area contributed by atoms with E-state index >= 15 is 0 Å². The highest BCUT2D eigenvalue weighted by molar-refractivity contribution is 7.90. The van der Waals surface area contributed by atoms with Crippen molar-refractivity contribution in [3.63, 3.8) is 0 Å². The van der Waals surface area contributed by atoms with Gasteiger partial charge >= 0.3 is 0 Å². The summed E-state index contributed by atoms with van der Waals surface area (Å²) in [7, 11) is 0.212. The Bertz CT molecular complexity index is 1550. The van der Waals surface area contributed by atoms with E-state index in [9.17, 15) is 13.2 Å². The van der Waals surface area contributed by atoms with Crippen molar-refractivity contribution in [2.45, 2.75) is 89.4 Å². The van der Waals surface area contributed by atoms with Crippen molar-refractivity contribution >= 4 is 33.2 Å². The number of halogens is 1. The molecule has 6 rings (SSSR count). The molecule has 2 aromatic rings. The van der Waals surface area contributed by atoms with Crippen LogP contribution in [0.3, 0.4) is 0 Å². The summed E-state index contributed by atoms with van der Waals surface area (Å²) in [5.74, 6) is 1.04. The Balaban J connectivity index is 1.35. The molecule has 5 atom stereocenters. The normalized spacial score (nSPS) is 31.7. The molecular weight excluding hydrogens is 650 g/mol. The highest BCUT2D eigenvalue weighted by Crippen LogP contribution is 2.46. The number of likely N-dealkylation sites (N-methyl/N-ethyl adjacent to an activating group) is 1. The van der Waals surface area contributed by atoms with E-state index in [0.29, 0.717) is 43.0 Å². The summed E-state index contributed by atoms with van der Waals surface area (Å²) in [5.41, 5.74) is 3.42. The van der Waals surface area contributed by atoms with Crippen LogP contribution in [0.15, 0.2) is 36.4 Å². The minimum absolute atomic E-state index is 0.124. The first kappa shape index (κ1) is 35.5. The molecule has 9 nitrogen and oxygen atoms in total. The van der Waals surface area contributed by atoms with Crippen LogP contribution in [0.4, 0.5) is 5.69 Å². The number of hydrogen-bond donors (Lipinski definition) is 1. The molecule has 1 amide bonds. The standard InChI is InChI=1S/C37H52ClN3O6S/c1-24-8-7-10-33(37-46-22-31(23-47-37)40(3)4)32-15-12-28(32)20-41-17-6-5-9-26-18-30(38)14-11-29(26)21-45-35-16-13-27(19-34(35)41)36(42)39-48(43,44)25(24)2/h11,13-14,16,18-19,24-25,28,31-33,37H,5-10,12,15,17,20-23H2,1-4H3,(H,39,42)/t24-,25+,28-,31?,32+,33-,37?/m0/s1. The zero-order valence-electron chi connectivity index (χ0n) is 28.8. The van der Waals surface area contributed by atoms with Crippen LogP contribution in [-0.2, 0) is 32.5 Å². The van der Waals surface area contributed by atoms with E-state index in [-0.39, 0.29) is 24.2 Å². The third kappa shape index (κ3) is 7.99. The molecule has 3 aliphatic heterocycles. The topological polar surface area (TPSA) is 97.4 Å². The molecule has 1 saturated heterocycles. The second kappa shape index (κ2) is 15.3. The average molecular weight is 702 g/mol. The number of carbonyl (C=O) groups excluding carboxylic acids is 1. The summed E-state index contributed by atoms with van der Waals surface area (Å²) in [6.07, 6.45) is 7.34. The zero-order valence-corrected chi connectivity index (χ0v) is 30.4. The molecule has 0 radical (unpaired) electrons. The number of anilines is 1. The van der Waals surface area contributed by atoms with Crippen molar-refractivity contribution < 1.29 is 27.4 Å². The van der Waals surface area contributed by atoms with Gasteiger partial charge in [0.2, 0.25) is 10.0 Å². The molecule has 1 N–H and O–H groups in total. The quantitative estimate of drug-likeness (QED) is 0.391. The molecular formula is C37H52ClN3O6S. The van der Waals surface area contributed by atoms with Crippen LogP contribution < -0.4 is 14.4 Å². The van der Waals surface area contributed by atoms with E-state index in [2.05, 4.69) is 28.6 Å². The maximum atomic E-state index is 13.5. The second-order valence-corrected chi connectivity index (χ2v) is 17.2. The summed E-state index contributed by atoms with van der Waals surface area (Å²) in [4.78, 5) is 18.0. The lowest BCUT2D eigenvalue weighted by Crippen LogP contribution is -2.50. The van der Waals surface area contributed by atoms with E-state index in [1.54, 1.807) is 13.0 Å². The number of benzene rings is 2. The number of ether oxygens (including phenoxy) is 3. The van der Waals surface area contributed by atoms with E-state index in [1.165, 1.54) is 5.56 Å². The monoisotopic (exact) mass is 701 g/mol. The molecule has 48 heavy (non-hydrogen) atoms. The molecule has 0 unspecified atom stereocenters. The number of nitrogens with one attached hydrogen (secondary N) is 1. The second-order valence-electron chi connectivity index (χ2n) is 14.7. The Morgan fingerprint density at radius 2 is 1.71 bits per heavy atom. The van der Waals surface area contributed by atoms with E-state index in [0.717, 1.165) is 80.7 Å². The van der Waals surface area contributed by atoms with Crippen molar-refractivity contribution in [2.75, 3.05) is 45.3 Å². The Labute approximate surface area is 291 Å². The van der Waals surface area contributed by atoms with Gasteiger partial charge in [0.1, 0.15) is 12.4 Å². The number of rotatable bonds is 2. The average Bonchev–Trinajstić information content (AvgIpc) is 3.08. The molecule has 0 aromatic heterocycles. The summed E-state index contributed by atoms with van der Waals surface area (Å²) in [6.45, 7) is 6.94. The molecule has 264 valence electrons. The lowest BCUT2D eigenvalue weighted by atomic mass is 9.65. The zero-order chi connectivity index (χ0) is 34.0. The van der Waals surface area contributed by atoms with Gasteiger partial charge in [-0.25, -0.2) is 13.1 Å². The van der Waals surface area contributed by atoms with Gasteiger partial charge in [0.25, 0.3) is 5.91 Å². The van der Waals surface area contributed by atoms with Gasteiger partial charge in [-0.2, -0.15) is 0 Å². The predicted octanol–water partition coefficient (Wildman–Crippen LogP) is 6.28. The highest BCUT2D eigenvalue weighted by atomic mass is 35.5. The summed E-state index contributed by atoms with van der Waals surface area (Å²) in [6, 6.07) is 11.5. The van der Waals surface area contributed by atoms with Crippen LogP contribution in [0.5, 0.6) is 5.75 Å². The lowest BCUT2D eigenvalue weighted by molar-refractivity contribution is -0.240. The molecule has 1 saturated carbocycles. The van der Waals surface area contributed by atoms with Crippen LogP contribution in [0, 0.1) is 23.7 Å². The summed E-state index contributed by atoms with van der Waals surface area (Å²) >= 11 is 6.37. The first-order chi connectivity index (χ1) is 23.0. The van der Waals surface area contributed by atoms with Gasteiger partial charge in [0.05, 0.1) is 30.2 Å². The van der Waals surface area contributed by atoms with Crippen LogP contribution in [0.25, 0.3) is 0 Å². The van der Waals surface area contributed by atoms with Crippen molar-refractivity contribution in [3.05, 3.63) is 58.1 Å². The Morgan fingerprint density at radius 3 is 2.44 bits per heavy atom. The van der Waals surface area contributed by atoms with Crippen LogP contribution in [-0.4, -0.2) is 77.2 Å². The van der Waals surface area contributed by atoms with Crippen molar-refractivity contribution in [3.8, 4) is 5.75 Å². The summed E-state index contributed by atoms with van der Waals surface area (Å²) < 4.78 is 48.7. The van der Waals surface area contributed by atoms with Gasteiger partial charge in [-0.15, -0.1) is 0 Å². The SMILES string of the molecule is C[C@@H]1[C@@H](C)CCC[C@H](C2OCC(N(C)C)CO2)[C@@H]2CC[C@H]2CN2CCCCc3cc(Cl)ccc3COc3ccc(cc32)C(=O)NS1(=O)=O. The number of carbonyl (C=O) groups is 1. The molecule has 2 bridgehead atoms. The Kier molecular flexibility index (Phi) is 11.3. The van der Waals surface area contributed by atoms with Gasteiger partial charge in [0, 0.05) is 29.6 Å². The number of amides is 1. The largest absolute Gasteiger partial charge is 0.487 e. The van der Waals surface area contributed by atoms with Crippen LogP contribution in [0.1, 0.15) is 80.3 Å². The van der Waals surface area contributed by atoms with Gasteiger partial charge in [-0.3, -0.25) is 4.79 Å². The molecule has 3 heterocycles. The lowest BCUT2D eigenvalue weighted by Gasteiger charge is -2.48. The number of fused-ring (bicyclic) bond motifs is 3. The minimum atomic E-state index is -3.90. The van der Waals surface area contributed by atoms with Crippen LogP contribution >= 0.6 is 11.6 Å². The fourth-order valence-electron chi connectivity index (χ4n) is 7.85. The number of nitrogens with zero attached hydrogens (tertiary/aromatic N) is 2. The fourth-order valence-corrected chi connectivity index (χ4v) is 9.35. The van der Waals surface area contributed by atoms with E-state index < -0.39 is 21.2 Å². The molecule has 0 spiro atoms. The van der Waals surface area contributed by atoms with Gasteiger partial charge in [-0.1, -0.05) is 31.0 Å². The molecule has 2 fully saturated rings. The maximum Gasteiger partial charge on any atom is 0.264 e. The van der Waals surface area contributed by atoms with E-state index in [4.69, 9.17) is 25.8 Å². The first-order valence-corrected chi connectivity index (χ1v) is 19.7. The molecule has 1 aliphatic carbocycles. The predicted molar refractivity (Wildman–Crippen MR) is 189 cm³/mol. The van der Waals surface area contributed by atoms with Crippen LogP contribution in [0.2, 0.25) is 5.02 Å². The van der Waals surface area contributed by atoms with Gasteiger partial charge in [-0.05, 0) is 125 Å². The van der Waals surface area contributed by atoms with Crippen molar-refractivity contribution in [1.29, 1.82) is 0 Å². The number of hydrogen-bond acceptors (Lipinski definition) is 8. The van der Waals surface area contributed by atoms with Crippen molar-refractivity contribution in [1.82, 2.24) is 9.62 Å². The fraction of sp³-hybridized carbons (Fsp3) is 0.649. The smallest absolute Gasteiger partial charge is 0.264 e. The van der Waals surface area contributed by atoms with E-state index in [1.807, 2.05) is 37.3 Å². The van der Waals surface area contributed by atoms with Crippen molar-refractivity contribution in [2.24, 2.45) is 23.7 Å². The summed E-state index contributed by atoms with van der Waals surface area (Å²) in [5, 5.41) is -0.00120. The highest BCUT2D eigenvalue weighted by Gasteiger charge is 2.44. The third-order valence-electron chi connectivity index (χ3n) is 11.4. The minimum Gasteiger partial charge on any atom is -0.487 e. The maximum absolute atomic E-state index is 13.5. The Hall–Kier alpha value is -2.37. The molecule has 2 aromatic carbocycles. The molecule has 11 heteroatoms. The van der Waals surface area contributed by atoms with Gasteiger partial charge in [0.15, 0.2) is 6.29 Å². The third-order valence-corrected chi connectivity index (χ3v) is 13.6. The Morgan fingerprint density at radius 1 is 0.917 bits per heavy atom. The first-order valence-electron chi connectivity index (χ1n) is 17.7.